The van der Waals surface area contributed by atoms with E-state index in [4.69, 9.17) is 4.74 Å². The Bertz CT molecular complexity index is 358. The minimum absolute atomic E-state index is 0.304. The fourth-order valence-electron chi connectivity index (χ4n) is 2.20. The van der Waals surface area contributed by atoms with Crippen LogP contribution < -0.4 is 0 Å². The monoisotopic (exact) mass is 300 g/mol. The zero-order valence-electron chi connectivity index (χ0n) is 10.7. The summed E-state index contributed by atoms with van der Waals surface area (Å²) in [5.41, 5.74) is 1.03. The van der Waals surface area contributed by atoms with Crippen LogP contribution in [-0.4, -0.2) is 15.9 Å². The molecule has 0 amide bonds. The number of nitrogens with zero attached hydrogens (tertiary/aromatic N) is 2. The molecule has 1 unspecified atom stereocenters. The first-order valence-electron chi connectivity index (χ1n) is 6.55. The first-order valence-corrected chi connectivity index (χ1v) is 7.35. The maximum atomic E-state index is 5.73. The summed E-state index contributed by atoms with van der Waals surface area (Å²) in [5.74, 6) is 0. The summed E-state index contributed by atoms with van der Waals surface area (Å²) in [5, 5.41) is 4.64. The Hall–Kier alpha value is -0.350. The van der Waals surface area contributed by atoms with E-state index >= 15 is 0 Å². The molecule has 1 aliphatic rings. The minimum atomic E-state index is 0.304. The Labute approximate surface area is 112 Å². The number of hydrogen-bond acceptors (Lipinski definition) is 2. The van der Waals surface area contributed by atoms with Crippen LogP contribution in [0.15, 0.2) is 10.7 Å². The second-order valence-electron chi connectivity index (χ2n) is 4.87. The molecule has 0 aromatic carbocycles. The number of halogens is 1. The van der Waals surface area contributed by atoms with Crippen LogP contribution in [0.3, 0.4) is 0 Å². The second kappa shape index (κ2) is 6.01. The summed E-state index contributed by atoms with van der Waals surface area (Å²) < 4.78 is 8.92. The van der Waals surface area contributed by atoms with Crippen molar-refractivity contribution < 1.29 is 4.74 Å². The molecular weight excluding hydrogens is 280 g/mol. The van der Waals surface area contributed by atoms with Crippen LogP contribution >= 0.6 is 15.9 Å². The van der Waals surface area contributed by atoms with Crippen molar-refractivity contribution in [3.05, 3.63) is 16.4 Å². The van der Waals surface area contributed by atoms with Crippen molar-refractivity contribution in [2.45, 2.75) is 64.7 Å². The largest absolute Gasteiger partial charge is 0.372 e. The van der Waals surface area contributed by atoms with Crippen LogP contribution in [0.1, 0.15) is 57.7 Å². The van der Waals surface area contributed by atoms with Crippen LogP contribution in [0.4, 0.5) is 0 Å². The van der Waals surface area contributed by atoms with Crippen molar-refractivity contribution in [2.24, 2.45) is 0 Å². The summed E-state index contributed by atoms with van der Waals surface area (Å²) in [6, 6.07) is 0.601. The predicted octanol–water partition coefficient (Wildman–Crippen LogP) is 4.08. The molecule has 1 heterocycles. The van der Waals surface area contributed by atoms with Gasteiger partial charge in [-0.2, -0.15) is 5.10 Å². The van der Waals surface area contributed by atoms with Crippen molar-refractivity contribution in [1.29, 1.82) is 0 Å². The van der Waals surface area contributed by atoms with E-state index in [-0.39, 0.29) is 0 Å². The van der Waals surface area contributed by atoms with Crippen LogP contribution in [-0.2, 0) is 11.3 Å². The van der Waals surface area contributed by atoms with E-state index in [0.29, 0.717) is 18.8 Å². The molecule has 0 spiro atoms. The van der Waals surface area contributed by atoms with Crippen LogP contribution in [0, 0.1) is 0 Å². The van der Waals surface area contributed by atoms with Crippen LogP contribution in [0.2, 0.25) is 0 Å². The van der Waals surface area contributed by atoms with Crippen molar-refractivity contribution in [2.75, 3.05) is 0 Å². The van der Waals surface area contributed by atoms with Gasteiger partial charge in [0.25, 0.3) is 0 Å². The van der Waals surface area contributed by atoms with Gasteiger partial charge in [-0.1, -0.05) is 19.8 Å². The molecule has 0 radical (unpaired) electrons. The van der Waals surface area contributed by atoms with Gasteiger partial charge in [0.1, 0.15) is 5.69 Å². The highest BCUT2D eigenvalue weighted by molar-refractivity contribution is 9.10. The molecule has 0 N–H and O–H groups in total. The Morgan fingerprint density at radius 2 is 2.24 bits per heavy atom. The Kier molecular flexibility index (Phi) is 4.62. The summed E-state index contributed by atoms with van der Waals surface area (Å²) in [6.45, 7) is 4.84. The van der Waals surface area contributed by atoms with Gasteiger partial charge in [-0.15, -0.1) is 0 Å². The lowest BCUT2D eigenvalue weighted by atomic mass is 10.3. The van der Waals surface area contributed by atoms with Crippen molar-refractivity contribution in [1.82, 2.24) is 9.78 Å². The zero-order valence-corrected chi connectivity index (χ0v) is 12.2. The summed E-state index contributed by atoms with van der Waals surface area (Å²) in [7, 11) is 0. The molecule has 0 saturated heterocycles. The van der Waals surface area contributed by atoms with E-state index in [2.05, 4.69) is 45.8 Å². The Morgan fingerprint density at radius 1 is 1.53 bits per heavy atom. The maximum absolute atomic E-state index is 5.73. The molecule has 1 aromatic heterocycles. The van der Waals surface area contributed by atoms with E-state index in [0.717, 1.165) is 16.6 Å². The molecule has 96 valence electrons. The fraction of sp³-hybridized carbons (Fsp3) is 0.769. The first kappa shape index (κ1) is 13.1. The van der Waals surface area contributed by atoms with Crippen molar-refractivity contribution in [3.8, 4) is 0 Å². The molecular formula is C13H21BrN2O. The van der Waals surface area contributed by atoms with E-state index in [1.165, 1.54) is 25.7 Å². The van der Waals surface area contributed by atoms with Gasteiger partial charge in [0.05, 0.1) is 23.2 Å². The smallest absolute Gasteiger partial charge is 0.102 e. The van der Waals surface area contributed by atoms with Gasteiger partial charge in [-0.3, -0.25) is 4.68 Å². The second-order valence-corrected chi connectivity index (χ2v) is 5.73. The van der Waals surface area contributed by atoms with Gasteiger partial charge in [-0.05, 0) is 42.1 Å². The lowest BCUT2D eigenvalue weighted by Gasteiger charge is -2.10. The molecule has 1 aliphatic carbocycles. The van der Waals surface area contributed by atoms with Gasteiger partial charge in [-0.25, -0.2) is 0 Å². The first-order chi connectivity index (χ1) is 8.20. The fourth-order valence-corrected chi connectivity index (χ4v) is 2.60. The Balaban J connectivity index is 1.97. The zero-order chi connectivity index (χ0) is 12.3. The van der Waals surface area contributed by atoms with Gasteiger partial charge in [0, 0.05) is 6.20 Å². The highest BCUT2D eigenvalue weighted by Gasteiger charge is 2.19. The molecule has 17 heavy (non-hydrogen) atoms. The number of ether oxygens (including phenoxy) is 1. The number of rotatable bonds is 5. The van der Waals surface area contributed by atoms with E-state index in [1.807, 2.05) is 0 Å². The molecule has 0 aliphatic heterocycles. The third-order valence-corrected chi connectivity index (χ3v) is 4.20. The molecule has 1 fully saturated rings. The van der Waals surface area contributed by atoms with Gasteiger partial charge < -0.3 is 4.74 Å². The molecule has 1 atom stereocenters. The van der Waals surface area contributed by atoms with Gasteiger partial charge >= 0.3 is 0 Å². The Morgan fingerprint density at radius 3 is 2.88 bits per heavy atom. The van der Waals surface area contributed by atoms with Crippen LogP contribution in [0.5, 0.6) is 0 Å². The summed E-state index contributed by atoms with van der Waals surface area (Å²) in [6.07, 6.45) is 8.64. The highest BCUT2D eigenvalue weighted by atomic mass is 79.9. The summed E-state index contributed by atoms with van der Waals surface area (Å²) >= 11 is 3.57. The quantitative estimate of drug-likeness (QED) is 0.819. The van der Waals surface area contributed by atoms with Gasteiger partial charge in [0.15, 0.2) is 0 Å². The average Bonchev–Trinajstić information content (AvgIpc) is 2.95. The van der Waals surface area contributed by atoms with Crippen molar-refractivity contribution in [3.63, 3.8) is 0 Å². The molecule has 3 nitrogen and oxygen atoms in total. The normalized spacial score (nSPS) is 18.8. The SMILES string of the molecule is CCC(C)OCc1nn(C2CCCC2)cc1Br. The lowest BCUT2D eigenvalue weighted by molar-refractivity contribution is 0.0482. The highest BCUT2D eigenvalue weighted by Crippen LogP contribution is 2.30. The molecule has 1 aromatic rings. The standard InChI is InChI=1S/C13H21BrN2O/c1-3-10(2)17-9-13-12(14)8-16(15-13)11-6-4-5-7-11/h8,10-11H,3-7,9H2,1-2H3. The van der Waals surface area contributed by atoms with Crippen molar-refractivity contribution >= 4 is 15.9 Å². The maximum Gasteiger partial charge on any atom is 0.102 e. The van der Waals surface area contributed by atoms with E-state index < -0.39 is 0 Å². The lowest BCUT2D eigenvalue weighted by Crippen LogP contribution is -2.08. The number of aromatic nitrogens is 2. The number of hydrogen-bond donors (Lipinski definition) is 0. The third-order valence-electron chi connectivity index (χ3n) is 3.54. The van der Waals surface area contributed by atoms with E-state index in [1.54, 1.807) is 0 Å². The topological polar surface area (TPSA) is 27.1 Å². The van der Waals surface area contributed by atoms with Crippen LogP contribution in [0.25, 0.3) is 0 Å². The predicted molar refractivity (Wildman–Crippen MR) is 72.0 cm³/mol. The average molecular weight is 301 g/mol. The van der Waals surface area contributed by atoms with Gasteiger partial charge in [0.2, 0.25) is 0 Å². The minimum Gasteiger partial charge on any atom is -0.372 e. The third kappa shape index (κ3) is 3.32. The molecule has 0 bridgehead atoms. The molecule has 2 rings (SSSR count). The molecule has 4 heteroatoms. The molecule has 1 saturated carbocycles. The van der Waals surface area contributed by atoms with E-state index in [9.17, 15) is 0 Å². The summed E-state index contributed by atoms with van der Waals surface area (Å²) in [4.78, 5) is 0.